The van der Waals surface area contributed by atoms with E-state index < -0.39 is 20.4 Å². The number of anilines is 2. The lowest BCUT2D eigenvalue weighted by Crippen LogP contribution is -2.25. The number of benzene rings is 1. The minimum Gasteiger partial charge on any atom is -0.375 e. The zero-order valence-corrected chi connectivity index (χ0v) is 16.6. The Morgan fingerprint density at radius 3 is 2.54 bits per heavy atom. The van der Waals surface area contributed by atoms with Crippen molar-refractivity contribution in [1.82, 2.24) is 4.98 Å². The Morgan fingerprint density at radius 1 is 1.18 bits per heavy atom. The van der Waals surface area contributed by atoms with E-state index in [4.69, 9.17) is 0 Å². The molecule has 2 heterocycles. The Kier molecular flexibility index (Phi) is 6.13. The quantitative estimate of drug-likeness (QED) is 0.581. The van der Waals surface area contributed by atoms with Gasteiger partial charge in [-0.3, -0.25) is 10.1 Å². The van der Waals surface area contributed by atoms with E-state index in [1.54, 1.807) is 6.20 Å². The monoisotopic (exact) mass is 404 g/mol. The summed E-state index contributed by atoms with van der Waals surface area (Å²) in [5, 5.41) is 14.5. The van der Waals surface area contributed by atoms with Crippen LogP contribution in [0.2, 0.25) is 0 Å². The molecule has 150 valence electrons. The lowest BCUT2D eigenvalue weighted by Gasteiger charge is -2.22. The molecule has 1 fully saturated rings. The summed E-state index contributed by atoms with van der Waals surface area (Å²) in [4.78, 5) is 17.3. The Balaban J connectivity index is 1.81. The largest absolute Gasteiger partial charge is 0.375 e. The van der Waals surface area contributed by atoms with Crippen molar-refractivity contribution in [3.05, 3.63) is 52.2 Å². The van der Waals surface area contributed by atoms with Gasteiger partial charge in [0, 0.05) is 32.1 Å². The number of aromatic nitrogens is 1. The molecule has 28 heavy (non-hydrogen) atoms. The molecule has 0 saturated carbocycles. The standard InChI is InChI=1S/C19H24N4O4S/c1-28(26,27)17-8-6-7-16(19(17)23(24)25)21-14-15-9-10-20-18(13-15)22-11-4-2-3-5-12-22/h6-10,13,21H,2-5,11-12,14H2,1H3. The van der Waals surface area contributed by atoms with Crippen LogP contribution in [0.3, 0.4) is 0 Å². The number of sulfone groups is 1. The number of pyridine rings is 1. The summed E-state index contributed by atoms with van der Waals surface area (Å²) in [6.07, 6.45) is 7.47. The van der Waals surface area contributed by atoms with E-state index in [0.717, 1.165) is 43.6 Å². The van der Waals surface area contributed by atoms with Gasteiger partial charge in [0.1, 0.15) is 16.4 Å². The summed E-state index contributed by atoms with van der Waals surface area (Å²) >= 11 is 0. The molecule has 3 rings (SSSR count). The average Bonchev–Trinajstić information content (AvgIpc) is 2.95. The lowest BCUT2D eigenvalue weighted by molar-refractivity contribution is -0.386. The molecule has 2 aromatic rings. The number of hydrogen-bond donors (Lipinski definition) is 1. The van der Waals surface area contributed by atoms with Crippen molar-refractivity contribution in [2.75, 3.05) is 29.6 Å². The van der Waals surface area contributed by atoms with Gasteiger partial charge in [0.2, 0.25) is 0 Å². The van der Waals surface area contributed by atoms with E-state index in [2.05, 4.69) is 15.2 Å². The van der Waals surface area contributed by atoms with Crippen LogP contribution in [0.4, 0.5) is 17.2 Å². The number of nitrogens with zero attached hydrogens (tertiary/aromatic N) is 3. The Morgan fingerprint density at radius 2 is 1.89 bits per heavy atom. The van der Waals surface area contributed by atoms with Gasteiger partial charge in [-0.2, -0.15) is 0 Å². The van der Waals surface area contributed by atoms with Crippen LogP contribution in [0, 0.1) is 10.1 Å². The van der Waals surface area contributed by atoms with Crippen LogP contribution in [0.25, 0.3) is 0 Å². The zero-order chi connectivity index (χ0) is 20.1. The molecule has 0 spiro atoms. The molecule has 9 heteroatoms. The molecule has 1 aliphatic rings. The van der Waals surface area contributed by atoms with Crippen molar-refractivity contribution in [2.24, 2.45) is 0 Å². The SMILES string of the molecule is CS(=O)(=O)c1cccc(NCc2ccnc(N3CCCCCC3)c2)c1[N+](=O)[O-]. The van der Waals surface area contributed by atoms with E-state index in [9.17, 15) is 18.5 Å². The third-order valence-corrected chi connectivity index (χ3v) is 5.93. The molecule has 1 aromatic carbocycles. The number of para-hydroxylation sites is 1. The first-order valence-electron chi connectivity index (χ1n) is 9.27. The zero-order valence-electron chi connectivity index (χ0n) is 15.8. The second kappa shape index (κ2) is 8.55. The molecule has 1 aliphatic heterocycles. The fraction of sp³-hybridized carbons (Fsp3) is 0.421. The van der Waals surface area contributed by atoms with Crippen molar-refractivity contribution >= 4 is 27.0 Å². The topological polar surface area (TPSA) is 105 Å². The average molecular weight is 404 g/mol. The first-order valence-corrected chi connectivity index (χ1v) is 11.2. The fourth-order valence-electron chi connectivity index (χ4n) is 3.39. The Labute approximate surface area is 164 Å². The molecule has 1 saturated heterocycles. The summed E-state index contributed by atoms with van der Waals surface area (Å²) < 4.78 is 23.8. The first-order chi connectivity index (χ1) is 13.4. The maximum atomic E-state index is 11.9. The molecule has 1 aromatic heterocycles. The molecular formula is C19H24N4O4S. The first kappa shape index (κ1) is 20.1. The molecule has 0 amide bonds. The third kappa shape index (κ3) is 4.78. The van der Waals surface area contributed by atoms with Gasteiger partial charge >= 0.3 is 5.69 Å². The van der Waals surface area contributed by atoms with Crippen LogP contribution in [0.15, 0.2) is 41.4 Å². The third-order valence-electron chi connectivity index (χ3n) is 4.80. The van der Waals surface area contributed by atoms with E-state index in [-0.39, 0.29) is 10.6 Å². The van der Waals surface area contributed by atoms with Gasteiger partial charge in [-0.15, -0.1) is 0 Å². The van der Waals surface area contributed by atoms with Crippen LogP contribution < -0.4 is 10.2 Å². The highest BCUT2D eigenvalue weighted by atomic mass is 32.2. The van der Waals surface area contributed by atoms with E-state index in [1.807, 2.05) is 12.1 Å². The molecule has 8 nitrogen and oxygen atoms in total. The van der Waals surface area contributed by atoms with Gasteiger partial charge in [0.05, 0.1) is 4.92 Å². The maximum Gasteiger partial charge on any atom is 0.310 e. The van der Waals surface area contributed by atoms with Gasteiger partial charge in [0.15, 0.2) is 9.84 Å². The number of rotatable bonds is 6. The number of nitro groups is 1. The second-order valence-corrected chi connectivity index (χ2v) is 8.94. The second-order valence-electron chi connectivity index (χ2n) is 6.96. The van der Waals surface area contributed by atoms with Crippen LogP contribution in [-0.2, 0) is 16.4 Å². The van der Waals surface area contributed by atoms with Gasteiger partial charge in [0.25, 0.3) is 0 Å². The molecule has 1 N–H and O–H groups in total. The summed E-state index contributed by atoms with van der Waals surface area (Å²) in [6.45, 7) is 2.29. The van der Waals surface area contributed by atoms with Gasteiger partial charge in [-0.1, -0.05) is 18.9 Å². The normalized spacial score (nSPS) is 15.1. The predicted octanol–water partition coefficient (Wildman–Crippen LogP) is 3.39. The highest BCUT2D eigenvalue weighted by molar-refractivity contribution is 7.90. The fourth-order valence-corrected chi connectivity index (χ4v) is 4.25. The van der Waals surface area contributed by atoms with Gasteiger partial charge < -0.3 is 10.2 Å². The minimum atomic E-state index is -3.71. The van der Waals surface area contributed by atoms with Crippen LogP contribution in [0.5, 0.6) is 0 Å². The summed E-state index contributed by atoms with van der Waals surface area (Å²) in [5.74, 6) is 0.903. The number of nitro benzene ring substituents is 1. The van der Waals surface area contributed by atoms with Gasteiger partial charge in [-0.25, -0.2) is 13.4 Å². The van der Waals surface area contributed by atoms with Crippen molar-refractivity contribution in [3.8, 4) is 0 Å². The highest BCUT2D eigenvalue weighted by Crippen LogP contribution is 2.32. The lowest BCUT2D eigenvalue weighted by atomic mass is 10.2. The van der Waals surface area contributed by atoms with Gasteiger partial charge in [-0.05, 0) is 42.7 Å². The molecule has 0 bridgehead atoms. The molecule has 0 unspecified atom stereocenters. The van der Waals surface area contributed by atoms with E-state index in [0.29, 0.717) is 6.54 Å². The Hall–Kier alpha value is -2.68. The summed E-state index contributed by atoms with van der Waals surface area (Å²) in [7, 11) is -3.71. The number of hydrogen-bond acceptors (Lipinski definition) is 7. The highest BCUT2D eigenvalue weighted by Gasteiger charge is 2.26. The predicted molar refractivity (Wildman–Crippen MR) is 108 cm³/mol. The number of nitrogens with one attached hydrogen (secondary N) is 1. The smallest absolute Gasteiger partial charge is 0.310 e. The van der Waals surface area contributed by atoms with Crippen LogP contribution in [-0.4, -0.2) is 37.7 Å². The summed E-state index contributed by atoms with van der Waals surface area (Å²) in [5.41, 5.74) is 0.682. The molecule has 0 radical (unpaired) electrons. The minimum absolute atomic E-state index is 0.182. The summed E-state index contributed by atoms with van der Waals surface area (Å²) in [6, 6.07) is 8.10. The van der Waals surface area contributed by atoms with Crippen molar-refractivity contribution in [3.63, 3.8) is 0 Å². The molecule has 0 aliphatic carbocycles. The van der Waals surface area contributed by atoms with Crippen molar-refractivity contribution < 1.29 is 13.3 Å². The Bertz CT molecular complexity index is 954. The van der Waals surface area contributed by atoms with Crippen molar-refractivity contribution in [2.45, 2.75) is 37.1 Å². The van der Waals surface area contributed by atoms with Crippen LogP contribution in [0.1, 0.15) is 31.2 Å². The van der Waals surface area contributed by atoms with E-state index in [1.165, 1.54) is 31.0 Å². The van der Waals surface area contributed by atoms with E-state index >= 15 is 0 Å². The van der Waals surface area contributed by atoms with Crippen molar-refractivity contribution in [1.29, 1.82) is 0 Å². The molecular weight excluding hydrogens is 380 g/mol. The van der Waals surface area contributed by atoms with Crippen LogP contribution >= 0.6 is 0 Å². The maximum absolute atomic E-state index is 11.9. The molecule has 0 atom stereocenters.